The highest BCUT2D eigenvalue weighted by Crippen LogP contribution is 2.32. The lowest BCUT2D eigenvalue weighted by Crippen LogP contribution is -2.43. The van der Waals surface area contributed by atoms with E-state index in [2.05, 4.69) is 25.2 Å². The molecule has 0 aromatic heterocycles. The Morgan fingerprint density at radius 1 is 1.08 bits per heavy atom. The number of aliphatic hydroxyl groups excluding tert-OH is 1. The van der Waals surface area contributed by atoms with Gasteiger partial charge in [0.05, 0.1) is 19.8 Å². The molecule has 0 bridgehead atoms. The summed E-state index contributed by atoms with van der Waals surface area (Å²) in [5, 5.41) is 14.2. The molecule has 1 amide bonds. The van der Waals surface area contributed by atoms with E-state index in [9.17, 15) is 9.90 Å². The second kappa shape index (κ2) is 17.7. The molecule has 0 aliphatic carbocycles. The van der Waals surface area contributed by atoms with Gasteiger partial charge < -0.3 is 35.1 Å². The quantitative estimate of drug-likeness (QED) is 0.235. The summed E-state index contributed by atoms with van der Waals surface area (Å²) in [5.41, 5.74) is 7.71. The number of carbonyl (C=O) groups excluding carboxylic acids is 1. The number of hydrogen-bond donors (Lipinski definition) is 3. The topological polar surface area (TPSA) is 112 Å². The zero-order valence-corrected chi connectivity index (χ0v) is 25.1. The van der Waals surface area contributed by atoms with Crippen molar-refractivity contribution in [3.8, 4) is 11.5 Å². The van der Waals surface area contributed by atoms with Crippen LogP contribution >= 0.6 is 0 Å². The van der Waals surface area contributed by atoms with Gasteiger partial charge in [-0.15, -0.1) is 0 Å². The molecule has 1 aliphatic heterocycles. The van der Waals surface area contributed by atoms with E-state index in [0.29, 0.717) is 50.2 Å². The molecular formula is C31H54N2O6. The Morgan fingerprint density at radius 3 is 2.41 bits per heavy atom. The normalized spacial score (nSPS) is 17.6. The first-order valence-electron chi connectivity index (χ1n) is 14.7. The van der Waals surface area contributed by atoms with Crippen LogP contribution in [-0.2, 0) is 20.7 Å². The van der Waals surface area contributed by atoms with Gasteiger partial charge in [0.15, 0.2) is 11.5 Å². The molecule has 0 radical (unpaired) electrons. The standard InChI is InChI=1S/C31H54N2O6/c1-21(2)25(16-24-8-9-29(37-6)30(17-24)39-13-7-12-36-5)18-27(32)28(34)19-26(22(3)4)31(35)33-20-23-10-14-38-15-11-23/h8-9,17,21-23,25-28,34H,7,10-16,18-20,32H2,1-6H3,(H,33,35)/t25-,26-,27-,28-/m0/s1. The molecule has 1 aromatic carbocycles. The Balaban J connectivity index is 1.97. The number of benzene rings is 1. The fraction of sp³-hybridized carbons (Fsp3) is 0.774. The van der Waals surface area contributed by atoms with Gasteiger partial charge in [-0.2, -0.15) is 0 Å². The monoisotopic (exact) mass is 550 g/mol. The fourth-order valence-electron chi connectivity index (χ4n) is 5.19. The summed E-state index contributed by atoms with van der Waals surface area (Å²) >= 11 is 0. The lowest BCUT2D eigenvalue weighted by atomic mass is 9.80. The minimum Gasteiger partial charge on any atom is -0.493 e. The first-order chi connectivity index (χ1) is 18.7. The molecule has 0 spiro atoms. The number of nitrogens with two attached hydrogens (primary N) is 1. The fourth-order valence-corrected chi connectivity index (χ4v) is 5.19. The van der Waals surface area contributed by atoms with Gasteiger partial charge >= 0.3 is 0 Å². The number of ether oxygens (including phenoxy) is 4. The predicted octanol–water partition coefficient (Wildman–Crippen LogP) is 4.21. The Hall–Kier alpha value is -1.87. The number of aliphatic hydroxyl groups is 1. The summed E-state index contributed by atoms with van der Waals surface area (Å²) in [5.74, 6) is 2.39. The zero-order valence-electron chi connectivity index (χ0n) is 25.1. The molecule has 39 heavy (non-hydrogen) atoms. The van der Waals surface area contributed by atoms with Crippen molar-refractivity contribution >= 4 is 5.91 Å². The zero-order chi connectivity index (χ0) is 28.8. The molecule has 1 heterocycles. The average Bonchev–Trinajstić information content (AvgIpc) is 2.92. The average molecular weight is 551 g/mol. The number of methoxy groups -OCH3 is 2. The molecule has 1 aliphatic rings. The largest absolute Gasteiger partial charge is 0.493 e. The highest BCUT2D eigenvalue weighted by Gasteiger charge is 2.30. The number of hydrogen-bond acceptors (Lipinski definition) is 7. The van der Waals surface area contributed by atoms with Crippen LogP contribution in [0.1, 0.15) is 65.4 Å². The molecule has 2 rings (SSSR count). The second-order valence-corrected chi connectivity index (χ2v) is 11.7. The van der Waals surface area contributed by atoms with Crippen LogP contribution < -0.4 is 20.5 Å². The Bertz CT molecular complexity index is 827. The van der Waals surface area contributed by atoms with Crippen LogP contribution in [0.5, 0.6) is 11.5 Å². The van der Waals surface area contributed by atoms with Crippen LogP contribution in [0.3, 0.4) is 0 Å². The number of nitrogens with one attached hydrogen (secondary N) is 1. The Kier molecular flexibility index (Phi) is 15.2. The number of rotatable bonds is 18. The summed E-state index contributed by atoms with van der Waals surface area (Å²) in [7, 11) is 3.32. The van der Waals surface area contributed by atoms with Crippen LogP contribution in [0.4, 0.5) is 0 Å². The molecule has 0 saturated carbocycles. The van der Waals surface area contributed by atoms with Gasteiger partial charge in [0.2, 0.25) is 5.91 Å². The van der Waals surface area contributed by atoms with Crippen molar-refractivity contribution < 1.29 is 28.8 Å². The molecule has 1 saturated heterocycles. The van der Waals surface area contributed by atoms with Crippen LogP contribution in [0.2, 0.25) is 0 Å². The van der Waals surface area contributed by atoms with E-state index in [1.165, 1.54) is 0 Å². The first kappa shape index (κ1) is 33.3. The molecule has 8 heteroatoms. The second-order valence-electron chi connectivity index (χ2n) is 11.7. The molecule has 224 valence electrons. The maximum atomic E-state index is 13.0. The van der Waals surface area contributed by atoms with Gasteiger partial charge in [-0.1, -0.05) is 33.8 Å². The third kappa shape index (κ3) is 11.6. The van der Waals surface area contributed by atoms with E-state index in [4.69, 9.17) is 24.7 Å². The first-order valence-corrected chi connectivity index (χ1v) is 14.7. The summed E-state index contributed by atoms with van der Waals surface area (Å²) < 4.78 is 22.0. The predicted molar refractivity (Wildman–Crippen MR) is 155 cm³/mol. The molecule has 8 nitrogen and oxygen atoms in total. The molecular weight excluding hydrogens is 496 g/mol. The highest BCUT2D eigenvalue weighted by atomic mass is 16.5. The minimum atomic E-state index is -0.747. The van der Waals surface area contributed by atoms with Gasteiger partial charge in [-0.25, -0.2) is 0 Å². The van der Waals surface area contributed by atoms with Crippen molar-refractivity contribution in [2.24, 2.45) is 35.3 Å². The van der Waals surface area contributed by atoms with Gasteiger partial charge in [0.1, 0.15) is 0 Å². The van der Waals surface area contributed by atoms with E-state index in [1.54, 1.807) is 14.2 Å². The van der Waals surface area contributed by atoms with E-state index in [1.807, 2.05) is 26.0 Å². The van der Waals surface area contributed by atoms with Crippen molar-refractivity contribution in [3.63, 3.8) is 0 Å². The highest BCUT2D eigenvalue weighted by molar-refractivity contribution is 5.78. The van der Waals surface area contributed by atoms with Crippen molar-refractivity contribution in [3.05, 3.63) is 23.8 Å². The summed E-state index contributed by atoms with van der Waals surface area (Å²) in [6.07, 6.45) is 3.86. The van der Waals surface area contributed by atoms with Crippen molar-refractivity contribution in [2.45, 2.75) is 78.4 Å². The summed E-state index contributed by atoms with van der Waals surface area (Å²) in [6, 6.07) is 5.64. The van der Waals surface area contributed by atoms with Crippen molar-refractivity contribution in [2.75, 3.05) is 47.2 Å². The third-order valence-electron chi connectivity index (χ3n) is 8.03. The molecule has 1 aromatic rings. The van der Waals surface area contributed by atoms with E-state index < -0.39 is 12.1 Å². The van der Waals surface area contributed by atoms with Crippen LogP contribution in [-0.4, -0.2) is 70.4 Å². The number of carbonyl (C=O) groups is 1. The van der Waals surface area contributed by atoms with Crippen LogP contribution in [0.25, 0.3) is 0 Å². The van der Waals surface area contributed by atoms with E-state index in [-0.39, 0.29) is 23.7 Å². The van der Waals surface area contributed by atoms with Gasteiger partial charge in [-0.3, -0.25) is 4.79 Å². The van der Waals surface area contributed by atoms with Gasteiger partial charge in [0.25, 0.3) is 0 Å². The van der Waals surface area contributed by atoms with Crippen LogP contribution in [0.15, 0.2) is 18.2 Å². The molecule has 4 N–H and O–H groups in total. The van der Waals surface area contributed by atoms with E-state index in [0.717, 1.165) is 50.2 Å². The maximum Gasteiger partial charge on any atom is 0.223 e. The molecule has 4 atom stereocenters. The summed E-state index contributed by atoms with van der Waals surface area (Å²) in [4.78, 5) is 13.0. The minimum absolute atomic E-state index is 0.0133. The molecule has 0 unspecified atom stereocenters. The Labute approximate surface area is 236 Å². The third-order valence-corrected chi connectivity index (χ3v) is 8.03. The van der Waals surface area contributed by atoms with Crippen molar-refractivity contribution in [1.82, 2.24) is 5.32 Å². The van der Waals surface area contributed by atoms with Gasteiger partial charge in [-0.05, 0) is 73.5 Å². The molecule has 1 fully saturated rings. The van der Waals surface area contributed by atoms with Crippen LogP contribution in [0, 0.1) is 29.6 Å². The lowest BCUT2D eigenvalue weighted by Gasteiger charge is -2.30. The van der Waals surface area contributed by atoms with E-state index >= 15 is 0 Å². The van der Waals surface area contributed by atoms with Crippen molar-refractivity contribution in [1.29, 1.82) is 0 Å². The lowest BCUT2D eigenvalue weighted by molar-refractivity contribution is -0.128. The summed E-state index contributed by atoms with van der Waals surface area (Å²) in [6.45, 7) is 11.8. The maximum absolute atomic E-state index is 13.0. The number of amides is 1. The SMILES string of the molecule is COCCCOc1cc(C[C@@H](C[C@H](N)[C@@H](O)C[C@H](C(=O)NCC2CCOCC2)C(C)C)C(C)C)ccc1OC. The van der Waals surface area contributed by atoms with Gasteiger partial charge in [0, 0.05) is 51.9 Å². The smallest absolute Gasteiger partial charge is 0.223 e. The Morgan fingerprint density at radius 2 is 1.79 bits per heavy atom.